The first-order valence-corrected chi connectivity index (χ1v) is 20.3. The molecule has 0 spiro atoms. The smallest absolute Gasteiger partial charge is 0.329 e. The third-order valence-electron chi connectivity index (χ3n) is 9.34. The molecule has 0 aromatic heterocycles. The third-order valence-corrected chi connectivity index (χ3v) is 12.5. The van der Waals surface area contributed by atoms with Gasteiger partial charge in [0.15, 0.2) is 0 Å². The molecule has 6 rings (SSSR count). The van der Waals surface area contributed by atoms with E-state index in [1.807, 2.05) is 84.6 Å². The predicted molar refractivity (Wildman–Crippen MR) is 225 cm³/mol. The number of carbonyl (C=O) groups is 2. The van der Waals surface area contributed by atoms with Gasteiger partial charge in [-0.2, -0.15) is 0 Å². The zero-order chi connectivity index (χ0) is 37.5. The zero-order valence-electron chi connectivity index (χ0n) is 30.5. The van der Waals surface area contributed by atoms with E-state index >= 15 is 0 Å². The molecule has 0 aliphatic rings. The highest BCUT2D eigenvalue weighted by atomic mass is 32.2. The molecule has 0 fully saturated rings. The zero-order valence-corrected chi connectivity index (χ0v) is 32.1. The first-order chi connectivity index (χ1) is 26.6. The van der Waals surface area contributed by atoms with E-state index in [2.05, 4.69) is 120 Å². The van der Waals surface area contributed by atoms with Crippen LogP contribution in [0.4, 0.5) is 0 Å². The number of hydrogen-bond donors (Lipinski definition) is 2. The van der Waals surface area contributed by atoms with Crippen LogP contribution in [-0.4, -0.2) is 49.1 Å². The van der Waals surface area contributed by atoms with Gasteiger partial charge in [-0.25, -0.2) is 4.79 Å². The fourth-order valence-electron chi connectivity index (χ4n) is 6.88. The van der Waals surface area contributed by atoms with Crippen molar-refractivity contribution in [3.8, 4) is 0 Å². The molecule has 0 unspecified atom stereocenters. The summed E-state index contributed by atoms with van der Waals surface area (Å²) in [5, 5.41) is 6.36. The Hall–Kier alpha value is -5.08. The van der Waals surface area contributed by atoms with Gasteiger partial charge in [0.1, 0.15) is 6.04 Å². The Labute approximate surface area is 328 Å². The Morgan fingerprint density at radius 1 is 0.537 bits per heavy atom. The number of nitrogens with one attached hydrogen (secondary N) is 2. The standard InChI is InChI=1S/C47H46N2O3S2/c1-2-52-45(51)43(36-54-47(40-27-15-6-16-28-40,41-29-17-7-18-30-41)42-31-19-8-20-32-42)49-44(50)35-48-33-34-53-46(37-21-9-3-10-22-37,38-23-11-4-12-24-38)39-25-13-5-14-26-39/h3-32,43,48H,2,33-36H2,1H3,(H,49,50)/t43-/m0/s1. The lowest BCUT2D eigenvalue weighted by molar-refractivity contribution is -0.146. The topological polar surface area (TPSA) is 67.4 Å². The van der Waals surface area contributed by atoms with Crippen LogP contribution in [0.3, 0.4) is 0 Å². The van der Waals surface area contributed by atoms with Crippen LogP contribution in [0.25, 0.3) is 0 Å². The number of ether oxygens (including phenoxy) is 1. The Morgan fingerprint density at radius 3 is 1.20 bits per heavy atom. The quantitative estimate of drug-likeness (QED) is 0.0520. The molecule has 5 nitrogen and oxygen atoms in total. The molecular formula is C47H46N2O3S2. The fourth-order valence-corrected chi connectivity index (χ4v) is 9.89. The van der Waals surface area contributed by atoms with E-state index in [1.165, 1.54) is 16.7 Å². The molecule has 6 aromatic rings. The van der Waals surface area contributed by atoms with Gasteiger partial charge in [-0.1, -0.05) is 182 Å². The molecule has 1 amide bonds. The summed E-state index contributed by atoms with van der Waals surface area (Å²) in [6.45, 7) is 2.66. The van der Waals surface area contributed by atoms with E-state index in [-0.39, 0.29) is 19.1 Å². The normalized spacial score (nSPS) is 12.1. The highest BCUT2D eigenvalue weighted by Gasteiger charge is 2.39. The van der Waals surface area contributed by atoms with Crippen molar-refractivity contribution >= 4 is 35.4 Å². The number of thioether (sulfide) groups is 2. The van der Waals surface area contributed by atoms with Gasteiger partial charge < -0.3 is 15.4 Å². The van der Waals surface area contributed by atoms with Crippen LogP contribution < -0.4 is 10.6 Å². The molecular weight excluding hydrogens is 705 g/mol. The second kappa shape index (κ2) is 19.3. The molecule has 0 saturated carbocycles. The van der Waals surface area contributed by atoms with Crippen LogP contribution >= 0.6 is 23.5 Å². The van der Waals surface area contributed by atoms with Crippen molar-refractivity contribution in [2.75, 3.05) is 31.2 Å². The van der Waals surface area contributed by atoms with Crippen LogP contribution in [-0.2, 0) is 23.8 Å². The van der Waals surface area contributed by atoms with Crippen molar-refractivity contribution in [1.29, 1.82) is 0 Å². The average molecular weight is 751 g/mol. The first kappa shape index (κ1) is 38.6. The maximum absolute atomic E-state index is 13.5. The highest BCUT2D eigenvalue weighted by molar-refractivity contribution is 8.01. The molecule has 0 saturated heterocycles. The fraction of sp³-hybridized carbons (Fsp3) is 0.191. The minimum atomic E-state index is -0.851. The molecule has 6 aromatic carbocycles. The lowest BCUT2D eigenvalue weighted by Gasteiger charge is -2.36. The molecule has 0 aliphatic carbocycles. The van der Waals surface area contributed by atoms with Crippen LogP contribution in [0.2, 0.25) is 0 Å². The molecule has 0 heterocycles. The van der Waals surface area contributed by atoms with Gasteiger partial charge in [-0.05, 0) is 40.3 Å². The number of hydrogen-bond acceptors (Lipinski definition) is 6. The second-order valence-electron chi connectivity index (χ2n) is 12.8. The monoisotopic (exact) mass is 750 g/mol. The summed E-state index contributed by atoms with van der Waals surface area (Å²) in [5.41, 5.74) is 6.82. The Bertz CT molecular complexity index is 1820. The molecule has 54 heavy (non-hydrogen) atoms. The number of esters is 1. The van der Waals surface area contributed by atoms with E-state index in [9.17, 15) is 9.59 Å². The second-order valence-corrected chi connectivity index (χ2v) is 15.3. The Kier molecular flexibility index (Phi) is 13.8. The van der Waals surface area contributed by atoms with Gasteiger partial charge in [-0.3, -0.25) is 4.79 Å². The number of amides is 1. The molecule has 274 valence electrons. The van der Waals surface area contributed by atoms with Gasteiger partial charge in [-0.15, -0.1) is 23.5 Å². The summed E-state index contributed by atoms with van der Waals surface area (Å²) in [7, 11) is 0. The van der Waals surface area contributed by atoms with E-state index in [4.69, 9.17) is 4.74 Å². The summed E-state index contributed by atoms with van der Waals surface area (Å²) in [4.78, 5) is 26.9. The van der Waals surface area contributed by atoms with E-state index < -0.39 is 21.5 Å². The highest BCUT2D eigenvalue weighted by Crippen LogP contribution is 2.49. The summed E-state index contributed by atoms with van der Waals surface area (Å²) >= 11 is 3.46. The van der Waals surface area contributed by atoms with Crippen LogP contribution in [0.1, 0.15) is 40.3 Å². The summed E-state index contributed by atoms with van der Waals surface area (Å²) in [6.07, 6.45) is 0. The molecule has 0 radical (unpaired) electrons. The van der Waals surface area contributed by atoms with Crippen molar-refractivity contribution < 1.29 is 14.3 Å². The number of rotatable bonds is 18. The van der Waals surface area contributed by atoms with Crippen molar-refractivity contribution in [2.45, 2.75) is 22.5 Å². The van der Waals surface area contributed by atoms with Crippen LogP contribution in [0.15, 0.2) is 182 Å². The molecule has 0 bridgehead atoms. The van der Waals surface area contributed by atoms with Gasteiger partial charge >= 0.3 is 5.97 Å². The predicted octanol–water partition coefficient (Wildman–Crippen LogP) is 9.07. The van der Waals surface area contributed by atoms with Crippen molar-refractivity contribution in [3.05, 3.63) is 215 Å². The largest absolute Gasteiger partial charge is 0.464 e. The maximum Gasteiger partial charge on any atom is 0.329 e. The Balaban J connectivity index is 1.17. The minimum absolute atomic E-state index is 0.0668. The third kappa shape index (κ3) is 8.99. The molecule has 7 heteroatoms. The van der Waals surface area contributed by atoms with E-state index in [0.717, 1.165) is 22.4 Å². The number of carbonyl (C=O) groups excluding carboxylic acids is 2. The van der Waals surface area contributed by atoms with Crippen molar-refractivity contribution in [1.82, 2.24) is 10.6 Å². The van der Waals surface area contributed by atoms with Gasteiger partial charge in [0.2, 0.25) is 5.91 Å². The SMILES string of the molecule is CCOC(=O)[C@H](CSC(c1ccccc1)(c1ccccc1)c1ccccc1)NC(=O)CNCCSC(c1ccccc1)(c1ccccc1)c1ccccc1. The van der Waals surface area contributed by atoms with Crippen LogP contribution in [0.5, 0.6) is 0 Å². The van der Waals surface area contributed by atoms with E-state index in [1.54, 1.807) is 18.7 Å². The molecule has 0 aliphatic heterocycles. The summed E-state index contributed by atoms with van der Waals surface area (Å²) in [6, 6.07) is 61.8. The molecule has 2 N–H and O–H groups in total. The van der Waals surface area contributed by atoms with Gasteiger partial charge in [0.05, 0.1) is 22.6 Å². The maximum atomic E-state index is 13.5. The van der Waals surface area contributed by atoms with Gasteiger partial charge in [0.25, 0.3) is 0 Å². The number of benzene rings is 6. The lowest BCUT2D eigenvalue weighted by atomic mass is 9.84. The lowest BCUT2D eigenvalue weighted by Crippen LogP contribution is -2.47. The van der Waals surface area contributed by atoms with Crippen LogP contribution in [0, 0.1) is 0 Å². The van der Waals surface area contributed by atoms with Crippen molar-refractivity contribution in [3.63, 3.8) is 0 Å². The molecule has 1 atom stereocenters. The van der Waals surface area contributed by atoms with Crippen molar-refractivity contribution in [2.24, 2.45) is 0 Å². The summed E-state index contributed by atoms with van der Waals surface area (Å²) < 4.78 is 4.42. The summed E-state index contributed by atoms with van der Waals surface area (Å²) in [5.74, 6) is 0.322. The Morgan fingerprint density at radius 2 is 0.870 bits per heavy atom. The van der Waals surface area contributed by atoms with Gasteiger partial charge in [0, 0.05) is 18.1 Å². The average Bonchev–Trinajstić information content (AvgIpc) is 3.24. The van der Waals surface area contributed by atoms with E-state index in [0.29, 0.717) is 12.3 Å². The first-order valence-electron chi connectivity index (χ1n) is 18.4. The minimum Gasteiger partial charge on any atom is -0.464 e.